The lowest BCUT2D eigenvalue weighted by Gasteiger charge is -2.17. The summed E-state index contributed by atoms with van der Waals surface area (Å²) in [6, 6.07) is 9.88. The second-order valence-corrected chi connectivity index (χ2v) is 8.65. The van der Waals surface area contributed by atoms with Crippen molar-refractivity contribution in [3.8, 4) is 5.69 Å². The van der Waals surface area contributed by atoms with Crippen molar-refractivity contribution in [3.05, 3.63) is 51.1 Å². The molecule has 5 heteroatoms. The van der Waals surface area contributed by atoms with Crippen LogP contribution >= 0.6 is 23.1 Å². The van der Waals surface area contributed by atoms with Crippen LogP contribution in [0.3, 0.4) is 0 Å². The van der Waals surface area contributed by atoms with Crippen molar-refractivity contribution in [2.45, 2.75) is 38.3 Å². The Bertz CT molecular complexity index is 943. The molecule has 0 unspecified atom stereocenters. The summed E-state index contributed by atoms with van der Waals surface area (Å²) in [5, 5.41) is 1.65. The van der Waals surface area contributed by atoms with Crippen molar-refractivity contribution in [2.24, 2.45) is 5.92 Å². The monoisotopic (exact) mass is 356 g/mol. The van der Waals surface area contributed by atoms with Crippen molar-refractivity contribution in [3.63, 3.8) is 0 Å². The summed E-state index contributed by atoms with van der Waals surface area (Å²) < 4.78 is 1.79. The average Bonchev–Trinajstić information content (AvgIpc) is 2.93. The van der Waals surface area contributed by atoms with E-state index in [2.05, 4.69) is 13.8 Å². The third kappa shape index (κ3) is 2.60. The lowest BCUT2D eigenvalue weighted by molar-refractivity contribution is 0.509. The molecule has 0 aliphatic heterocycles. The van der Waals surface area contributed by atoms with E-state index >= 15 is 0 Å². The Kier molecular flexibility index (Phi) is 4.22. The first-order valence-corrected chi connectivity index (χ1v) is 10.2. The van der Waals surface area contributed by atoms with Crippen molar-refractivity contribution in [2.75, 3.05) is 5.75 Å². The average molecular weight is 357 g/mol. The van der Waals surface area contributed by atoms with Gasteiger partial charge in [-0.2, -0.15) is 0 Å². The molecule has 0 saturated heterocycles. The molecule has 3 nitrogen and oxygen atoms in total. The Morgan fingerprint density at radius 2 is 2.12 bits per heavy atom. The first kappa shape index (κ1) is 15.9. The number of hydrogen-bond acceptors (Lipinski definition) is 4. The van der Waals surface area contributed by atoms with Gasteiger partial charge in [0.1, 0.15) is 4.83 Å². The number of aromatic nitrogens is 2. The van der Waals surface area contributed by atoms with Crippen LogP contribution < -0.4 is 5.56 Å². The second kappa shape index (κ2) is 6.37. The molecule has 0 fully saturated rings. The molecule has 0 bridgehead atoms. The molecule has 0 saturated carbocycles. The first-order chi connectivity index (χ1) is 11.7. The quantitative estimate of drug-likeness (QED) is 0.505. The molecular formula is C19H20N2OS2. The molecule has 1 aromatic carbocycles. The van der Waals surface area contributed by atoms with Gasteiger partial charge in [-0.05, 0) is 48.6 Å². The van der Waals surface area contributed by atoms with Gasteiger partial charge in [0.25, 0.3) is 5.56 Å². The van der Waals surface area contributed by atoms with Gasteiger partial charge >= 0.3 is 0 Å². The van der Waals surface area contributed by atoms with Gasteiger partial charge in [-0.1, -0.05) is 43.8 Å². The Morgan fingerprint density at radius 1 is 1.33 bits per heavy atom. The summed E-state index contributed by atoms with van der Waals surface area (Å²) in [5.74, 6) is 1.60. The van der Waals surface area contributed by atoms with Gasteiger partial charge in [0.05, 0.1) is 11.1 Å². The van der Waals surface area contributed by atoms with E-state index in [1.54, 1.807) is 27.7 Å². The third-order valence-corrected chi connectivity index (χ3v) is 6.56. The minimum Gasteiger partial charge on any atom is -0.268 e. The Labute approximate surface area is 149 Å². The Morgan fingerprint density at radius 3 is 2.88 bits per heavy atom. The molecule has 0 radical (unpaired) electrons. The van der Waals surface area contributed by atoms with Gasteiger partial charge < -0.3 is 0 Å². The molecule has 3 aromatic rings. The van der Waals surface area contributed by atoms with Crippen LogP contribution in [0.15, 0.2) is 40.3 Å². The number of rotatable bonds is 3. The topological polar surface area (TPSA) is 34.9 Å². The fourth-order valence-corrected chi connectivity index (χ4v) is 5.56. The van der Waals surface area contributed by atoms with E-state index < -0.39 is 0 Å². The predicted molar refractivity (Wildman–Crippen MR) is 103 cm³/mol. The molecule has 1 aliphatic carbocycles. The molecule has 1 atom stereocenters. The van der Waals surface area contributed by atoms with Crippen LogP contribution in [0.4, 0.5) is 0 Å². The van der Waals surface area contributed by atoms with Crippen LogP contribution in [0.5, 0.6) is 0 Å². The Hall–Kier alpha value is -1.59. The van der Waals surface area contributed by atoms with Crippen LogP contribution in [-0.4, -0.2) is 15.3 Å². The molecule has 124 valence electrons. The summed E-state index contributed by atoms with van der Waals surface area (Å²) in [6.45, 7) is 4.39. The van der Waals surface area contributed by atoms with Gasteiger partial charge in [0, 0.05) is 4.88 Å². The smallest absolute Gasteiger partial charge is 0.267 e. The summed E-state index contributed by atoms with van der Waals surface area (Å²) in [7, 11) is 0. The fourth-order valence-electron chi connectivity index (χ4n) is 3.40. The zero-order valence-corrected chi connectivity index (χ0v) is 15.5. The van der Waals surface area contributed by atoms with E-state index in [4.69, 9.17) is 4.98 Å². The van der Waals surface area contributed by atoms with Gasteiger partial charge in [0.2, 0.25) is 0 Å². The number of hydrogen-bond donors (Lipinski definition) is 0. The summed E-state index contributed by atoms with van der Waals surface area (Å²) in [5.41, 5.74) is 2.24. The van der Waals surface area contributed by atoms with Crippen molar-refractivity contribution >= 4 is 33.3 Å². The standard InChI is InChI=1S/C19H20N2OS2/c1-3-23-19-20-17-16(14-10-9-12(2)11-15(14)24-17)18(22)21(19)13-7-5-4-6-8-13/h4-8,12H,3,9-11H2,1-2H3/t12-/m1/s1. The number of benzene rings is 1. The van der Waals surface area contributed by atoms with Gasteiger partial charge in [-0.25, -0.2) is 4.98 Å². The normalized spacial score (nSPS) is 17.2. The number of fused-ring (bicyclic) bond motifs is 3. The number of aryl methyl sites for hydroxylation is 1. The fraction of sp³-hybridized carbons (Fsp3) is 0.368. The minimum atomic E-state index is 0.0919. The SMILES string of the molecule is CCSc1nc2sc3c(c2c(=O)n1-c1ccccc1)CC[C@@H](C)C3. The van der Waals surface area contributed by atoms with Gasteiger partial charge in [-0.15, -0.1) is 11.3 Å². The van der Waals surface area contributed by atoms with E-state index in [1.165, 1.54) is 10.4 Å². The number of thioether (sulfide) groups is 1. The highest BCUT2D eigenvalue weighted by atomic mass is 32.2. The summed E-state index contributed by atoms with van der Waals surface area (Å²) in [6.07, 6.45) is 3.24. The van der Waals surface area contributed by atoms with E-state index in [9.17, 15) is 4.79 Å². The molecule has 0 amide bonds. The highest BCUT2D eigenvalue weighted by molar-refractivity contribution is 7.99. The molecule has 0 N–H and O–H groups in total. The number of thiophene rings is 1. The van der Waals surface area contributed by atoms with Gasteiger partial charge in [0.15, 0.2) is 5.16 Å². The molecule has 2 aromatic heterocycles. The van der Waals surface area contributed by atoms with Crippen LogP contribution in [0.1, 0.15) is 30.7 Å². The van der Waals surface area contributed by atoms with Crippen molar-refractivity contribution in [1.29, 1.82) is 0 Å². The van der Waals surface area contributed by atoms with Crippen LogP contribution in [0.2, 0.25) is 0 Å². The van der Waals surface area contributed by atoms with Gasteiger partial charge in [-0.3, -0.25) is 9.36 Å². The molecule has 4 rings (SSSR count). The summed E-state index contributed by atoms with van der Waals surface area (Å²) >= 11 is 3.35. The number of nitrogens with zero attached hydrogens (tertiary/aromatic N) is 2. The zero-order chi connectivity index (χ0) is 16.7. The maximum Gasteiger partial charge on any atom is 0.267 e. The molecule has 1 aliphatic rings. The van der Waals surface area contributed by atoms with Crippen molar-refractivity contribution in [1.82, 2.24) is 9.55 Å². The highest BCUT2D eigenvalue weighted by Gasteiger charge is 2.24. The van der Waals surface area contributed by atoms with E-state index in [-0.39, 0.29) is 5.56 Å². The lowest BCUT2D eigenvalue weighted by atomic mass is 9.89. The van der Waals surface area contributed by atoms with E-state index in [1.807, 2.05) is 30.3 Å². The summed E-state index contributed by atoms with van der Waals surface area (Å²) in [4.78, 5) is 20.5. The van der Waals surface area contributed by atoms with E-state index in [0.717, 1.165) is 46.1 Å². The molecule has 24 heavy (non-hydrogen) atoms. The lowest BCUT2D eigenvalue weighted by Crippen LogP contribution is -2.22. The molecule has 2 heterocycles. The number of para-hydroxylation sites is 1. The van der Waals surface area contributed by atoms with Crippen molar-refractivity contribution < 1.29 is 0 Å². The largest absolute Gasteiger partial charge is 0.268 e. The maximum absolute atomic E-state index is 13.4. The zero-order valence-electron chi connectivity index (χ0n) is 13.9. The minimum absolute atomic E-state index is 0.0919. The predicted octanol–water partition coefficient (Wildman–Crippen LogP) is 4.68. The highest BCUT2D eigenvalue weighted by Crippen LogP contribution is 2.36. The van der Waals surface area contributed by atoms with Crippen LogP contribution in [0.25, 0.3) is 15.9 Å². The van der Waals surface area contributed by atoms with E-state index in [0.29, 0.717) is 5.92 Å². The van der Waals surface area contributed by atoms with Crippen LogP contribution in [0, 0.1) is 5.92 Å². The maximum atomic E-state index is 13.4. The van der Waals surface area contributed by atoms with Crippen LogP contribution in [-0.2, 0) is 12.8 Å². The first-order valence-electron chi connectivity index (χ1n) is 8.44. The Balaban J connectivity index is 2.02. The molecule has 0 spiro atoms. The second-order valence-electron chi connectivity index (χ2n) is 6.34. The third-order valence-electron chi connectivity index (χ3n) is 4.59. The molecular weight excluding hydrogens is 336 g/mol.